The van der Waals surface area contributed by atoms with Gasteiger partial charge in [0.25, 0.3) is 0 Å². The van der Waals surface area contributed by atoms with Gasteiger partial charge in [0.05, 0.1) is 5.69 Å². The summed E-state index contributed by atoms with van der Waals surface area (Å²) in [6.07, 6.45) is 1.74. The molecule has 3 rings (SSSR count). The minimum Gasteiger partial charge on any atom is -0.358 e. The van der Waals surface area contributed by atoms with Crippen LogP contribution in [-0.4, -0.2) is 11.5 Å². The molecule has 3 aromatic rings. The predicted molar refractivity (Wildman–Crippen MR) is 125 cm³/mol. The first-order valence-corrected chi connectivity index (χ1v) is 10.3. The van der Waals surface area contributed by atoms with Crippen LogP contribution in [0.2, 0.25) is 0 Å². The van der Waals surface area contributed by atoms with Crippen LogP contribution in [0, 0.1) is 0 Å². The Bertz CT molecular complexity index is 910. The molecule has 0 heterocycles. The van der Waals surface area contributed by atoms with Crippen molar-refractivity contribution in [3.63, 3.8) is 0 Å². The molecular weight excluding hydrogens is 486 g/mol. The van der Waals surface area contributed by atoms with E-state index >= 15 is 0 Å². The molecule has 6 heteroatoms. The molecule has 0 aliphatic heterocycles. The summed E-state index contributed by atoms with van der Waals surface area (Å²) in [5.41, 5.74) is 2.95. The number of aliphatic imine (C=N–C) groups is 1. The topological polar surface area (TPSA) is 27.6 Å². The van der Waals surface area contributed by atoms with Gasteiger partial charge in [-0.05, 0) is 66.3 Å². The molecule has 0 bridgehead atoms. The fourth-order valence-corrected chi connectivity index (χ4v) is 3.10. The fraction of sp³-hybridized carbons (Fsp3) is 0.0476. The second kappa shape index (κ2) is 9.78. The van der Waals surface area contributed by atoms with Crippen molar-refractivity contribution < 1.29 is 0 Å². The van der Waals surface area contributed by atoms with Crippen molar-refractivity contribution in [1.29, 1.82) is 0 Å². The highest BCUT2D eigenvalue weighted by atomic mass is 79.9. The summed E-state index contributed by atoms with van der Waals surface area (Å²) < 4.78 is 2.03. The molecule has 0 aliphatic rings. The molecule has 0 spiro atoms. The highest BCUT2D eigenvalue weighted by Crippen LogP contribution is 2.20. The molecule has 136 valence electrons. The van der Waals surface area contributed by atoms with Gasteiger partial charge in [-0.15, -0.1) is 0 Å². The van der Waals surface area contributed by atoms with Crippen LogP contribution in [0.4, 0.5) is 11.4 Å². The molecule has 0 radical (unpaired) electrons. The molecule has 0 aromatic heterocycles. The smallest absolute Gasteiger partial charge is 0.179 e. The number of anilines is 1. The number of nitrogens with zero attached hydrogens (tertiary/aromatic N) is 2. The number of thiocarbonyl (C=S) groups is 1. The van der Waals surface area contributed by atoms with Gasteiger partial charge >= 0.3 is 0 Å². The number of rotatable bonds is 5. The lowest BCUT2D eigenvalue weighted by atomic mass is 10.2. The molecule has 0 atom stereocenters. The Balaban J connectivity index is 1.79. The van der Waals surface area contributed by atoms with Crippen molar-refractivity contribution in [3.8, 4) is 0 Å². The highest BCUT2D eigenvalue weighted by Gasteiger charge is 2.10. The van der Waals surface area contributed by atoms with E-state index in [-0.39, 0.29) is 0 Å². The van der Waals surface area contributed by atoms with Gasteiger partial charge in [-0.3, -0.25) is 4.90 Å². The zero-order chi connectivity index (χ0) is 19.1. The average Bonchev–Trinajstić information content (AvgIpc) is 2.70. The van der Waals surface area contributed by atoms with E-state index in [9.17, 15) is 0 Å². The predicted octanol–water partition coefficient (Wildman–Crippen LogP) is 6.45. The van der Waals surface area contributed by atoms with Gasteiger partial charge in [-0.2, -0.15) is 0 Å². The maximum Gasteiger partial charge on any atom is 0.179 e. The molecule has 0 saturated carbocycles. The van der Waals surface area contributed by atoms with Crippen LogP contribution in [-0.2, 0) is 6.54 Å². The summed E-state index contributed by atoms with van der Waals surface area (Å²) in [7, 11) is 0. The summed E-state index contributed by atoms with van der Waals surface area (Å²) in [6.45, 7) is 0.652. The lowest BCUT2D eigenvalue weighted by Crippen LogP contribution is -2.38. The summed E-state index contributed by atoms with van der Waals surface area (Å²) in [5, 5.41) is 3.89. The van der Waals surface area contributed by atoms with Crippen molar-refractivity contribution in [2.45, 2.75) is 6.54 Å². The molecule has 1 N–H and O–H groups in total. The first-order valence-electron chi connectivity index (χ1n) is 8.28. The van der Waals surface area contributed by atoms with E-state index in [0.29, 0.717) is 11.7 Å². The Morgan fingerprint density at radius 2 is 1.48 bits per heavy atom. The largest absolute Gasteiger partial charge is 0.358 e. The van der Waals surface area contributed by atoms with Crippen molar-refractivity contribution in [2.75, 3.05) is 4.90 Å². The monoisotopic (exact) mass is 501 g/mol. The third-order valence-corrected chi connectivity index (χ3v) is 5.16. The molecule has 3 aromatic carbocycles. The van der Waals surface area contributed by atoms with Gasteiger partial charge in [-0.25, -0.2) is 4.99 Å². The maximum absolute atomic E-state index is 5.63. The zero-order valence-electron chi connectivity index (χ0n) is 14.3. The second-order valence-electron chi connectivity index (χ2n) is 5.71. The number of hydrogen-bond donors (Lipinski definition) is 1. The van der Waals surface area contributed by atoms with E-state index in [1.165, 1.54) is 5.56 Å². The molecule has 0 saturated heterocycles. The van der Waals surface area contributed by atoms with Gasteiger partial charge in [0.15, 0.2) is 5.11 Å². The van der Waals surface area contributed by atoms with Crippen LogP contribution in [0.5, 0.6) is 0 Å². The molecule has 3 nitrogen and oxygen atoms in total. The van der Waals surface area contributed by atoms with Crippen LogP contribution < -0.4 is 10.2 Å². The normalized spacial score (nSPS) is 10.7. The number of hydrogen-bond acceptors (Lipinski definition) is 2. The van der Waals surface area contributed by atoms with Crippen LogP contribution in [0.1, 0.15) is 5.56 Å². The highest BCUT2D eigenvalue weighted by molar-refractivity contribution is 9.10. The SMILES string of the molecule is S=C(NCc1ccccc1)N(C=Nc1ccc(Br)cc1)c1ccc(Br)cc1. The molecular formula is C21H17Br2N3S. The van der Waals surface area contributed by atoms with Crippen molar-refractivity contribution >= 4 is 66.9 Å². The Kier molecular flexibility index (Phi) is 7.15. The second-order valence-corrected chi connectivity index (χ2v) is 7.93. The van der Waals surface area contributed by atoms with E-state index < -0.39 is 0 Å². The van der Waals surface area contributed by atoms with Crippen LogP contribution in [0.3, 0.4) is 0 Å². The lowest BCUT2D eigenvalue weighted by molar-refractivity contribution is 0.917. The minimum absolute atomic E-state index is 0.585. The van der Waals surface area contributed by atoms with Gasteiger partial charge in [0.2, 0.25) is 0 Å². The Morgan fingerprint density at radius 1 is 0.889 bits per heavy atom. The zero-order valence-corrected chi connectivity index (χ0v) is 18.3. The van der Waals surface area contributed by atoms with Crippen molar-refractivity contribution in [2.24, 2.45) is 4.99 Å². The molecule has 0 fully saturated rings. The first-order chi connectivity index (χ1) is 13.1. The van der Waals surface area contributed by atoms with Crippen LogP contribution >= 0.6 is 44.1 Å². The molecule has 0 amide bonds. The first kappa shape index (κ1) is 19.7. The van der Waals surface area contributed by atoms with Gasteiger partial charge in [0.1, 0.15) is 6.34 Å². The molecule has 27 heavy (non-hydrogen) atoms. The van der Waals surface area contributed by atoms with Crippen molar-refractivity contribution in [3.05, 3.63) is 93.4 Å². The summed E-state index contributed by atoms with van der Waals surface area (Å²) >= 11 is 12.5. The van der Waals surface area contributed by atoms with Gasteiger partial charge in [0, 0.05) is 21.2 Å². The number of halogens is 2. The Morgan fingerprint density at radius 3 is 2.11 bits per heavy atom. The lowest BCUT2D eigenvalue weighted by Gasteiger charge is -2.21. The Labute approximate surface area is 181 Å². The van der Waals surface area contributed by atoms with E-state index in [4.69, 9.17) is 12.2 Å². The maximum atomic E-state index is 5.63. The minimum atomic E-state index is 0.585. The average molecular weight is 503 g/mol. The Hall–Kier alpha value is -2.02. The van der Waals surface area contributed by atoms with Crippen molar-refractivity contribution in [1.82, 2.24) is 5.32 Å². The quantitative estimate of drug-likeness (QED) is 0.246. The standard InChI is InChI=1S/C21H17Br2N3S/c22-17-6-10-19(11-7-17)25-15-26(20-12-8-18(23)9-13-20)21(27)24-14-16-4-2-1-3-5-16/h1-13,15H,14H2,(H,24,27). The van der Waals surface area contributed by atoms with E-state index in [0.717, 1.165) is 20.3 Å². The third kappa shape index (κ3) is 5.99. The van der Waals surface area contributed by atoms with E-state index in [1.54, 1.807) is 6.34 Å². The summed E-state index contributed by atoms with van der Waals surface area (Å²) in [6, 6.07) is 25.9. The van der Waals surface area contributed by atoms with Gasteiger partial charge < -0.3 is 5.32 Å². The van der Waals surface area contributed by atoms with Crippen LogP contribution in [0.25, 0.3) is 0 Å². The van der Waals surface area contributed by atoms with E-state index in [2.05, 4.69) is 54.3 Å². The molecule has 0 unspecified atom stereocenters. The number of benzene rings is 3. The van der Waals surface area contributed by atoms with E-state index in [1.807, 2.05) is 71.6 Å². The number of nitrogens with one attached hydrogen (secondary N) is 1. The fourth-order valence-electron chi connectivity index (χ4n) is 2.35. The summed E-state index contributed by atoms with van der Waals surface area (Å²) in [4.78, 5) is 6.43. The molecule has 0 aliphatic carbocycles. The third-order valence-electron chi connectivity index (χ3n) is 3.76. The summed E-state index contributed by atoms with van der Waals surface area (Å²) in [5.74, 6) is 0. The van der Waals surface area contributed by atoms with Crippen LogP contribution in [0.15, 0.2) is 92.8 Å². The van der Waals surface area contributed by atoms with Gasteiger partial charge in [-0.1, -0.05) is 62.2 Å².